The van der Waals surface area contributed by atoms with Gasteiger partial charge in [0.2, 0.25) is 5.91 Å². The number of rotatable bonds is 4. The van der Waals surface area contributed by atoms with E-state index in [4.69, 9.17) is 0 Å². The quantitative estimate of drug-likeness (QED) is 0.927. The summed E-state index contributed by atoms with van der Waals surface area (Å²) in [6, 6.07) is 2.28. The van der Waals surface area contributed by atoms with Crippen molar-refractivity contribution >= 4 is 23.3 Å². The molecule has 3 heterocycles. The van der Waals surface area contributed by atoms with E-state index in [-0.39, 0.29) is 24.0 Å². The average Bonchev–Trinajstić information content (AvgIpc) is 3.19. The predicted octanol–water partition coefficient (Wildman–Crippen LogP) is 2.61. The molecule has 1 N–H and O–H groups in total. The van der Waals surface area contributed by atoms with Gasteiger partial charge in [-0.05, 0) is 48.6 Å². The van der Waals surface area contributed by atoms with E-state index in [9.17, 15) is 9.59 Å². The zero-order valence-corrected chi connectivity index (χ0v) is 13.8. The van der Waals surface area contributed by atoms with Crippen LogP contribution < -0.4 is 5.32 Å². The normalized spacial score (nSPS) is 23.1. The maximum absolute atomic E-state index is 12.5. The number of likely N-dealkylation sites (tertiary alicyclic amines) is 2. The monoisotopic (exact) mass is 321 g/mol. The van der Waals surface area contributed by atoms with E-state index >= 15 is 0 Å². The molecule has 0 saturated carbocycles. The number of nitrogens with one attached hydrogen (secondary N) is 1. The van der Waals surface area contributed by atoms with E-state index in [1.54, 1.807) is 11.3 Å². The summed E-state index contributed by atoms with van der Waals surface area (Å²) in [7, 11) is 0. The number of nitrogens with zero attached hydrogens (tertiary/aromatic N) is 2. The van der Waals surface area contributed by atoms with Gasteiger partial charge in [-0.3, -0.25) is 4.79 Å². The molecule has 22 heavy (non-hydrogen) atoms. The van der Waals surface area contributed by atoms with Crippen LogP contribution in [0.15, 0.2) is 16.8 Å². The van der Waals surface area contributed by atoms with Crippen molar-refractivity contribution in [1.29, 1.82) is 0 Å². The van der Waals surface area contributed by atoms with Gasteiger partial charge in [0.25, 0.3) is 0 Å². The van der Waals surface area contributed by atoms with Gasteiger partial charge in [0.05, 0.1) is 6.04 Å². The number of hydrogen-bond donors (Lipinski definition) is 1. The molecule has 6 heteroatoms. The maximum Gasteiger partial charge on any atom is 0.318 e. The second kappa shape index (κ2) is 6.69. The summed E-state index contributed by atoms with van der Waals surface area (Å²) in [5, 5.41) is 7.25. The van der Waals surface area contributed by atoms with Gasteiger partial charge in [-0.2, -0.15) is 11.3 Å². The third-order valence-electron chi connectivity index (χ3n) is 4.48. The zero-order valence-electron chi connectivity index (χ0n) is 13.0. The lowest BCUT2D eigenvalue weighted by atomic mass is 10.1. The summed E-state index contributed by atoms with van der Waals surface area (Å²) in [5.74, 6) is 0.207. The minimum atomic E-state index is -0.0155. The molecule has 0 unspecified atom stereocenters. The lowest BCUT2D eigenvalue weighted by molar-refractivity contribution is -0.127. The highest BCUT2D eigenvalue weighted by atomic mass is 32.1. The molecular weight excluding hydrogens is 298 g/mol. The predicted molar refractivity (Wildman–Crippen MR) is 86.8 cm³/mol. The Labute approximate surface area is 135 Å². The molecular formula is C16H23N3O2S. The van der Waals surface area contributed by atoms with Gasteiger partial charge in [0.1, 0.15) is 0 Å². The van der Waals surface area contributed by atoms with Crippen molar-refractivity contribution in [3.8, 4) is 0 Å². The van der Waals surface area contributed by atoms with E-state index in [1.165, 1.54) is 5.56 Å². The van der Waals surface area contributed by atoms with Crippen molar-refractivity contribution in [2.24, 2.45) is 0 Å². The second-order valence-electron chi connectivity index (χ2n) is 6.20. The number of urea groups is 1. The van der Waals surface area contributed by atoms with Crippen molar-refractivity contribution < 1.29 is 9.59 Å². The molecule has 3 rings (SSSR count). The first-order valence-electron chi connectivity index (χ1n) is 8.02. The van der Waals surface area contributed by atoms with Crippen molar-refractivity contribution in [1.82, 2.24) is 15.1 Å². The Morgan fingerprint density at radius 1 is 1.45 bits per heavy atom. The summed E-state index contributed by atoms with van der Waals surface area (Å²) in [5.41, 5.74) is 1.24. The maximum atomic E-state index is 12.5. The third-order valence-corrected chi connectivity index (χ3v) is 5.18. The van der Waals surface area contributed by atoms with Crippen LogP contribution in [-0.2, 0) is 4.79 Å². The van der Waals surface area contributed by atoms with E-state index in [2.05, 4.69) is 22.1 Å². The van der Waals surface area contributed by atoms with Gasteiger partial charge < -0.3 is 15.1 Å². The van der Waals surface area contributed by atoms with Crippen LogP contribution in [0.1, 0.15) is 44.2 Å². The lowest BCUT2D eigenvalue weighted by Crippen LogP contribution is -2.47. The van der Waals surface area contributed by atoms with Crippen LogP contribution in [0.2, 0.25) is 0 Å². The lowest BCUT2D eigenvalue weighted by Gasteiger charge is -2.28. The third kappa shape index (κ3) is 3.27. The first-order valence-corrected chi connectivity index (χ1v) is 8.96. The number of thiophene rings is 1. The number of carbonyl (C=O) groups excluding carboxylic acids is 2. The smallest absolute Gasteiger partial charge is 0.318 e. The molecule has 2 atom stereocenters. The fraction of sp³-hybridized carbons (Fsp3) is 0.625. The minimum absolute atomic E-state index is 0.00662. The number of hydrogen-bond acceptors (Lipinski definition) is 3. The molecule has 2 fully saturated rings. The molecule has 2 saturated heterocycles. The molecule has 1 aromatic rings. The molecule has 120 valence electrons. The molecule has 1 aromatic heterocycles. The first kappa shape index (κ1) is 15.3. The van der Waals surface area contributed by atoms with Gasteiger partial charge in [-0.25, -0.2) is 4.79 Å². The number of amides is 3. The summed E-state index contributed by atoms with van der Waals surface area (Å²) < 4.78 is 0. The van der Waals surface area contributed by atoms with Crippen LogP contribution in [0.5, 0.6) is 0 Å². The highest BCUT2D eigenvalue weighted by Crippen LogP contribution is 2.32. The standard InChI is InChI=1S/C16H23N3O2S/c1-12(10-18-7-3-5-15(18)20)17-16(21)19-8-2-4-14(19)13-6-9-22-11-13/h6,9,11-12,14H,2-5,7-8,10H2,1H3,(H,17,21)/t12-,14+/m1/s1. The van der Waals surface area contributed by atoms with Gasteiger partial charge in [0, 0.05) is 32.1 Å². The Balaban J connectivity index is 1.55. The summed E-state index contributed by atoms with van der Waals surface area (Å²) in [6.07, 6.45) is 3.66. The second-order valence-corrected chi connectivity index (χ2v) is 6.98. The molecule has 3 amide bonds. The first-order chi connectivity index (χ1) is 10.6. The fourth-order valence-corrected chi connectivity index (χ4v) is 4.09. The van der Waals surface area contributed by atoms with E-state index in [0.717, 1.165) is 32.4 Å². The molecule has 0 radical (unpaired) electrons. The minimum Gasteiger partial charge on any atom is -0.341 e. The molecule has 0 spiro atoms. The topological polar surface area (TPSA) is 52.7 Å². The van der Waals surface area contributed by atoms with Crippen LogP contribution in [-0.4, -0.2) is 47.4 Å². The zero-order chi connectivity index (χ0) is 15.5. The van der Waals surface area contributed by atoms with Crippen molar-refractivity contribution in [2.45, 2.75) is 44.7 Å². The van der Waals surface area contributed by atoms with E-state index < -0.39 is 0 Å². The van der Waals surface area contributed by atoms with Crippen molar-refractivity contribution in [3.05, 3.63) is 22.4 Å². The van der Waals surface area contributed by atoms with Crippen LogP contribution >= 0.6 is 11.3 Å². The summed E-state index contributed by atoms with van der Waals surface area (Å²) >= 11 is 1.67. The van der Waals surface area contributed by atoms with Crippen LogP contribution in [0.25, 0.3) is 0 Å². The number of carbonyl (C=O) groups is 2. The van der Waals surface area contributed by atoms with Gasteiger partial charge in [0.15, 0.2) is 0 Å². The summed E-state index contributed by atoms with van der Waals surface area (Å²) in [6.45, 7) is 4.21. The Kier molecular flexibility index (Phi) is 4.66. The van der Waals surface area contributed by atoms with Crippen molar-refractivity contribution in [2.75, 3.05) is 19.6 Å². The Morgan fingerprint density at radius 2 is 2.32 bits per heavy atom. The van der Waals surface area contributed by atoms with Crippen molar-refractivity contribution in [3.63, 3.8) is 0 Å². The molecule has 0 aliphatic carbocycles. The highest BCUT2D eigenvalue weighted by Gasteiger charge is 2.31. The average molecular weight is 321 g/mol. The molecule has 5 nitrogen and oxygen atoms in total. The Morgan fingerprint density at radius 3 is 3.00 bits per heavy atom. The SMILES string of the molecule is C[C@H](CN1CCCC1=O)NC(=O)N1CCC[C@H]1c1ccsc1. The molecule has 0 aromatic carbocycles. The van der Waals surface area contributed by atoms with E-state index in [1.807, 2.05) is 16.7 Å². The van der Waals surface area contributed by atoms with Gasteiger partial charge in [-0.15, -0.1) is 0 Å². The van der Waals surface area contributed by atoms with Crippen LogP contribution in [0, 0.1) is 0 Å². The largest absolute Gasteiger partial charge is 0.341 e. The van der Waals surface area contributed by atoms with Crippen LogP contribution in [0.3, 0.4) is 0 Å². The van der Waals surface area contributed by atoms with E-state index in [0.29, 0.717) is 13.0 Å². The Hall–Kier alpha value is -1.56. The van der Waals surface area contributed by atoms with Crippen LogP contribution in [0.4, 0.5) is 4.79 Å². The highest BCUT2D eigenvalue weighted by molar-refractivity contribution is 7.07. The molecule has 2 aliphatic rings. The Bertz CT molecular complexity index is 532. The fourth-order valence-electron chi connectivity index (χ4n) is 3.39. The molecule has 0 bridgehead atoms. The molecule has 2 aliphatic heterocycles. The summed E-state index contributed by atoms with van der Waals surface area (Å²) in [4.78, 5) is 28.0. The van der Waals surface area contributed by atoms with Gasteiger partial charge in [-0.1, -0.05) is 0 Å². The van der Waals surface area contributed by atoms with Gasteiger partial charge >= 0.3 is 6.03 Å².